The van der Waals surface area contributed by atoms with E-state index < -0.39 is 0 Å². The van der Waals surface area contributed by atoms with Crippen LogP contribution >= 0.6 is 11.3 Å². The van der Waals surface area contributed by atoms with Crippen molar-refractivity contribution >= 4 is 27.4 Å². The van der Waals surface area contributed by atoms with Crippen molar-refractivity contribution in [2.45, 2.75) is 32.7 Å². The van der Waals surface area contributed by atoms with Gasteiger partial charge in [-0.1, -0.05) is 13.8 Å². The summed E-state index contributed by atoms with van der Waals surface area (Å²) in [7, 11) is 0. The summed E-state index contributed by atoms with van der Waals surface area (Å²) in [5.74, 6) is 0.956. The van der Waals surface area contributed by atoms with E-state index in [2.05, 4.69) is 28.7 Å². The van der Waals surface area contributed by atoms with Crippen LogP contribution in [-0.2, 0) is 0 Å². The summed E-state index contributed by atoms with van der Waals surface area (Å²) in [5, 5.41) is 11.3. The van der Waals surface area contributed by atoms with E-state index >= 15 is 0 Å². The highest BCUT2D eigenvalue weighted by atomic mass is 32.1. The molecular weight excluding hydrogens is 246 g/mol. The summed E-state index contributed by atoms with van der Waals surface area (Å²) in [4.78, 5) is 10.9. The Kier molecular flexibility index (Phi) is 4.49. The Bertz CT molecular complexity index is 496. The molecule has 2 heterocycles. The molecule has 0 aromatic carbocycles. The van der Waals surface area contributed by atoms with Gasteiger partial charge in [-0.2, -0.15) is 0 Å². The Labute approximate surface area is 111 Å². The number of rotatable bonds is 6. The van der Waals surface area contributed by atoms with Gasteiger partial charge in [0, 0.05) is 12.6 Å². The Hall–Kier alpha value is -1.20. The van der Waals surface area contributed by atoms with Crippen LogP contribution in [0.25, 0.3) is 10.2 Å². The van der Waals surface area contributed by atoms with Crippen LogP contribution in [0.4, 0.5) is 5.82 Å². The van der Waals surface area contributed by atoms with Gasteiger partial charge in [-0.05, 0) is 24.3 Å². The van der Waals surface area contributed by atoms with E-state index in [0.717, 1.165) is 28.9 Å². The van der Waals surface area contributed by atoms with Crippen LogP contribution < -0.4 is 4.90 Å². The highest BCUT2D eigenvalue weighted by Gasteiger charge is 2.19. The zero-order valence-corrected chi connectivity index (χ0v) is 11.7. The third-order valence-corrected chi connectivity index (χ3v) is 4.12. The molecule has 98 valence electrons. The number of fused-ring (bicyclic) bond motifs is 1. The summed E-state index contributed by atoms with van der Waals surface area (Å²) in [6, 6.07) is 2.42. The van der Waals surface area contributed by atoms with E-state index in [1.807, 2.05) is 11.4 Å². The zero-order chi connectivity index (χ0) is 13.0. The van der Waals surface area contributed by atoms with Crippen molar-refractivity contribution in [3.63, 3.8) is 0 Å². The topological polar surface area (TPSA) is 49.2 Å². The van der Waals surface area contributed by atoms with Gasteiger partial charge in [-0.15, -0.1) is 11.3 Å². The van der Waals surface area contributed by atoms with E-state index in [4.69, 9.17) is 0 Å². The minimum atomic E-state index is 0.146. The maximum absolute atomic E-state index is 9.28. The van der Waals surface area contributed by atoms with Crippen molar-refractivity contribution < 1.29 is 5.11 Å². The molecule has 0 aliphatic carbocycles. The number of nitrogens with zero attached hydrogens (tertiary/aromatic N) is 3. The summed E-state index contributed by atoms with van der Waals surface area (Å²) in [6.45, 7) is 5.11. The Balaban J connectivity index is 2.43. The largest absolute Gasteiger partial charge is 0.395 e. The van der Waals surface area contributed by atoms with Gasteiger partial charge in [-0.25, -0.2) is 9.97 Å². The lowest BCUT2D eigenvalue weighted by molar-refractivity contribution is 0.295. The van der Waals surface area contributed by atoms with Crippen molar-refractivity contribution in [1.29, 1.82) is 0 Å². The van der Waals surface area contributed by atoms with Crippen LogP contribution in [0, 0.1) is 0 Å². The fourth-order valence-corrected chi connectivity index (χ4v) is 3.13. The molecule has 0 aliphatic heterocycles. The highest BCUT2D eigenvalue weighted by Crippen LogP contribution is 2.29. The smallest absolute Gasteiger partial charge is 0.150 e. The summed E-state index contributed by atoms with van der Waals surface area (Å²) in [5.41, 5.74) is 0.985. The SMILES string of the molecule is CCC(CC)N(CCO)c1ncnc2ccsc12. The lowest BCUT2D eigenvalue weighted by Crippen LogP contribution is -2.37. The molecule has 5 heteroatoms. The molecule has 0 bridgehead atoms. The van der Waals surface area contributed by atoms with E-state index in [-0.39, 0.29) is 6.61 Å². The molecule has 0 saturated heterocycles. The molecule has 0 spiro atoms. The van der Waals surface area contributed by atoms with Crippen molar-refractivity contribution in [2.24, 2.45) is 0 Å². The van der Waals surface area contributed by atoms with Gasteiger partial charge in [-0.3, -0.25) is 0 Å². The maximum Gasteiger partial charge on any atom is 0.150 e. The van der Waals surface area contributed by atoms with Crippen LogP contribution in [0.15, 0.2) is 17.8 Å². The molecule has 0 unspecified atom stereocenters. The van der Waals surface area contributed by atoms with E-state index in [1.54, 1.807) is 17.7 Å². The van der Waals surface area contributed by atoms with E-state index in [1.165, 1.54) is 0 Å². The van der Waals surface area contributed by atoms with Gasteiger partial charge >= 0.3 is 0 Å². The fraction of sp³-hybridized carbons (Fsp3) is 0.538. The second-order valence-electron chi connectivity index (χ2n) is 4.22. The van der Waals surface area contributed by atoms with Crippen molar-refractivity contribution in [3.8, 4) is 0 Å². The van der Waals surface area contributed by atoms with E-state index in [9.17, 15) is 5.11 Å². The highest BCUT2D eigenvalue weighted by molar-refractivity contribution is 7.17. The van der Waals surface area contributed by atoms with Gasteiger partial charge < -0.3 is 10.0 Å². The lowest BCUT2D eigenvalue weighted by atomic mass is 10.1. The Morgan fingerprint density at radius 1 is 1.33 bits per heavy atom. The second-order valence-corrected chi connectivity index (χ2v) is 5.14. The minimum Gasteiger partial charge on any atom is -0.395 e. The summed E-state index contributed by atoms with van der Waals surface area (Å²) >= 11 is 1.66. The van der Waals surface area contributed by atoms with Gasteiger partial charge in [0.2, 0.25) is 0 Å². The lowest BCUT2D eigenvalue weighted by Gasteiger charge is -2.31. The van der Waals surface area contributed by atoms with Crippen LogP contribution in [0.1, 0.15) is 26.7 Å². The zero-order valence-electron chi connectivity index (χ0n) is 10.8. The number of anilines is 1. The Morgan fingerprint density at radius 3 is 2.78 bits per heavy atom. The third-order valence-electron chi connectivity index (χ3n) is 3.22. The molecule has 0 radical (unpaired) electrons. The molecule has 0 atom stereocenters. The summed E-state index contributed by atoms with van der Waals surface area (Å²) in [6.07, 6.45) is 3.71. The van der Waals surface area contributed by atoms with Crippen LogP contribution in [0.5, 0.6) is 0 Å². The van der Waals surface area contributed by atoms with E-state index in [0.29, 0.717) is 12.6 Å². The predicted octanol–water partition coefficient (Wildman–Crippen LogP) is 2.68. The maximum atomic E-state index is 9.28. The molecule has 2 rings (SSSR count). The predicted molar refractivity (Wildman–Crippen MR) is 76.2 cm³/mol. The molecule has 0 amide bonds. The van der Waals surface area contributed by atoms with Crippen molar-refractivity contribution in [2.75, 3.05) is 18.1 Å². The first-order chi connectivity index (χ1) is 8.81. The monoisotopic (exact) mass is 265 g/mol. The molecule has 0 saturated carbocycles. The first-order valence-corrected chi connectivity index (χ1v) is 7.25. The molecule has 2 aromatic heterocycles. The normalized spacial score (nSPS) is 11.3. The molecule has 2 aromatic rings. The number of aliphatic hydroxyl groups excluding tert-OH is 1. The first kappa shape index (κ1) is 13.2. The van der Waals surface area contributed by atoms with Gasteiger partial charge in [0.1, 0.15) is 12.1 Å². The van der Waals surface area contributed by atoms with Crippen LogP contribution in [0.3, 0.4) is 0 Å². The fourth-order valence-electron chi connectivity index (χ4n) is 2.28. The number of hydrogen-bond donors (Lipinski definition) is 1. The average molecular weight is 265 g/mol. The Morgan fingerprint density at radius 2 is 2.11 bits per heavy atom. The third kappa shape index (κ3) is 2.47. The van der Waals surface area contributed by atoms with Crippen LogP contribution in [0.2, 0.25) is 0 Å². The van der Waals surface area contributed by atoms with Gasteiger partial charge in [0.15, 0.2) is 0 Å². The summed E-state index contributed by atoms with van der Waals surface area (Å²) < 4.78 is 1.11. The molecule has 0 fully saturated rings. The quantitative estimate of drug-likeness (QED) is 0.872. The average Bonchev–Trinajstić information content (AvgIpc) is 2.87. The second kappa shape index (κ2) is 6.11. The molecule has 0 aliphatic rings. The standard InChI is InChI=1S/C13H19N3OS/c1-3-10(4-2)16(6-7-17)13-12-11(5-8-18-12)14-9-15-13/h5,8-10,17H,3-4,6-7H2,1-2H3. The number of thiophene rings is 1. The molecular formula is C13H19N3OS. The van der Waals surface area contributed by atoms with Crippen molar-refractivity contribution in [1.82, 2.24) is 9.97 Å². The number of aliphatic hydroxyl groups is 1. The van der Waals surface area contributed by atoms with Gasteiger partial charge in [0.05, 0.1) is 16.8 Å². The first-order valence-electron chi connectivity index (χ1n) is 6.37. The van der Waals surface area contributed by atoms with Gasteiger partial charge in [0.25, 0.3) is 0 Å². The number of aromatic nitrogens is 2. The molecule has 18 heavy (non-hydrogen) atoms. The molecule has 4 nitrogen and oxygen atoms in total. The van der Waals surface area contributed by atoms with Crippen LogP contribution in [-0.4, -0.2) is 34.3 Å². The molecule has 1 N–H and O–H groups in total. The van der Waals surface area contributed by atoms with Crippen molar-refractivity contribution in [3.05, 3.63) is 17.8 Å². The number of hydrogen-bond acceptors (Lipinski definition) is 5. The minimum absolute atomic E-state index is 0.146.